The first-order valence-corrected chi connectivity index (χ1v) is 6.54. The van der Waals surface area contributed by atoms with E-state index in [4.69, 9.17) is 11.6 Å². The van der Waals surface area contributed by atoms with E-state index in [1.54, 1.807) is 38.1 Å². The van der Waals surface area contributed by atoms with Crippen LogP contribution in [0.5, 0.6) is 0 Å². The minimum atomic E-state index is -0.365. The van der Waals surface area contributed by atoms with E-state index in [9.17, 15) is 9.59 Å². The number of hydrogen-bond donors (Lipinski definition) is 1. The third kappa shape index (κ3) is 3.06. The smallest absolute Gasteiger partial charge is 0.259 e. The maximum Gasteiger partial charge on any atom is 0.259 e. The molecule has 1 aromatic carbocycles. The number of nitrogens with one attached hydrogen (secondary N) is 1. The number of allylic oxidation sites excluding steroid dienone is 1. The zero-order valence-electron chi connectivity index (χ0n) is 11.2. The van der Waals surface area contributed by atoms with Crippen LogP contribution < -0.4 is 5.56 Å². The molecule has 0 amide bonds. The van der Waals surface area contributed by atoms with Gasteiger partial charge in [0.1, 0.15) is 0 Å². The third-order valence-electron chi connectivity index (χ3n) is 2.93. The second-order valence-corrected chi connectivity index (χ2v) is 4.97. The number of H-pyrrole nitrogens is 1. The molecule has 0 saturated carbocycles. The number of rotatable bonds is 3. The van der Waals surface area contributed by atoms with Gasteiger partial charge in [-0.15, -0.1) is 0 Å². The molecule has 3 nitrogen and oxygen atoms in total. The minimum absolute atomic E-state index is 0.166. The minimum Gasteiger partial charge on any atom is -0.326 e. The number of carbonyl (C=O) groups excluding carboxylic acids is 1. The van der Waals surface area contributed by atoms with Gasteiger partial charge in [-0.25, -0.2) is 0 Å². The Bertz CT molecular complexity index is 744. The number of halogens is 1. The highest BCUT2D eigenvalue weighted by atomic mass is 35.5. The van der Waals surface area contributed by atoms with Crippen LogP contribution in [0, 0.1) is 13.8 Å². The highest BCUT2D eigenvalue weighted by Gasteiger charge is 2.11. The van der Waals surface area contributed by atoms with Crippen molar-refractivity contribution < 1.29 is 4.79 Å². The molecule has 1 N–H and O–H groups in total. The van der Waals surface area contributed by atoms with Crippen LogP contribution in [-0.4, -0.2) is 10.8 Å². The molecule has 0 radical (unpaired) electrons. The number of benzene rings is 1. The van der Waals surface area contributed by atoms with Gasteiger partial charge >= 0.3 is 0 Å². The lowest BCUT2D eigenvalue weighted by atomic mass is 10.1. The van der Waals surface area contributed by atoms with Crippen molar-refractivity contribution in [3.05, 3.63) is 74.2 Å². The molecule has 4 heteroatoms. The first-order chi connectivity index (χ1) is 9.49. The van der Waals surface area contributed by atoms with E-state index in [0.717, 1.165) is 11.3 Å². The van der Waals surface area contributed by atoms with Gasteiger partial charge in [-0.1, -0.05) is 29.8 Å². The van der Waals surface area contributed by atoms with Crippen LogP contribution in [0.25, 0.3) is 6.08 Å². The second-order valence-electron chi connectivity index (χ2n) is 4.56. The van der Waals surface area contributed by atoms with Crippen LogP contribution in [-0.2, 0) is 0 Å². The van der Waals surface area contributed by atoms with Gasteiger partial charge in [0.15, 0.2) is 5.78 Å². The number of aromatic amines is 1. The molecule has 0 saturated heterocycles. The van der Waals surface area contributed by atoms with Crippen LogP contribution in [0.4, 0.5) is 0 Å². The summed E-state index contributed by atoms with van der Waals surface area (Å²) in [6, 6.07) is 8.97. The largest absolute Gasteiger partial charge is 0.326 e. The van der Waals surface area contributed by atoms with Crippen LogP contribution in [0.2, 0.25) is 5.02 Å². The van der Waals surface area contributed by atoms with Crippen molar-refractivity contribution in [2.24, 2.45) is 0 Å². The maximum absolute atomic E-state index is 12.1. The summed E-state index contributed by atoms with van der Waals surface area (Å²) in [5.41, 5.74) is 1.94. The molecular weight excluding hydrogens is 274 g/mol. The lowest BCUT2D eigenvalue weighted by Crippen LogP contribution is -2.19. The molecule has 0 spiro atoms. The number of aryl methyl sites for hydroxylation is 2. The Hall–Kier alpha value is -2.13. The first-order valence-electron chi connectivity index (χ1n) is 6.16. The van der Waals surface area contributed by atoms with Crippen LogP contribution in [0.3, 0.4) is 0 Å². The summed E-state index contributed by atoms with van der Waals surface area (Å²) in [7, 11) is 0. The Labute approximate surface area is 121 Å². The van der Waals surface area contributed by atoms with Crippen molar-refractivity contribution in [1.29, 1.82) is 0 Å². The van der Waals surface area contributed by atoms with Gasteiger partial charge in [-0.3, -0.25) is 9.59 Å². The van der Waals surface area contributed by atoms with E-state index in [0.29, 0.717) is 10.6 Å². The Kier molecular flexibility index (Phi) is 4.20. The Morgan fingerprint density at radius 3 is 2.60 bits per heavy atom. The number of pyridine rings is 1. The summed E-state index contributed by atoms with van der Waals surface area (Å²) in [4.78, 5) is 26.6. The van der Waals surface area contributed by atoms with Crippen LogP contribution in [0.15, 0.2) is 41.2 Å². The summed E-state index contributed by atoms with van der Waals surface area (Å²) < 4.78 is 0. The summed E-state index contributed by atoms with van der Waals surface area (Å²) in [6.07, 6.45) is 2.98. The predicted molar refractivity (Wildman–Crippen MR) is 81.4 cm³/mol. The zero-order valence-corrected chi connectivity index (χ0v) is 12.0. The molecule has 0 fully saturated rings. The number of ketones is 1. The fraction of sp³-hybridized carbons (Fsp3) is 0.125. The van der Waals surface area contributed by atoms with Crippen molar-refractivity contribution in [3.8, 4) is 0 Å². The average Bonchev–Trinajstić information content (AvgIpc) is 2.36. The zero-order chi connectivity index (χ0) is 14.7. The van der Waals surface area contributed by atoms with E-state index in [-0.39, 0.29) is 16.9 Å². The molecule has 20 heavy (non-hydrogen) atoms. The Balaban J connectivity index is 2.35. The summed E-state index contributed by atoms with van der Waals surface area (Å²) in [5, 5.41) is 0.561. The molecule has 0 unspecified atom stereocenters. The summed E-state index contributed by atoms with van der Waals surface area (Å²) in [6.45, 7) is 3.53. The Morgan fingerprint density at radius 1 is 1.25 bits per heavy atom. The SMILES string of the molecule is Cc1cc(C)c(C(=O)C=Cc2ccccc2Cl)c(=O)[nH]1. The molecule has 102 valence electrons. The topological polar surface area (TPSA) is 49.9 Å². The predicted octanol–water partition coefficient (Wildman–Crippen LogP) is 3.54. The highest BCUT2D eigenvalue weighted by Crippen LogP contribution is 2.16. The first kappa shape index (κ1) is 14.3. The standard InChI is InChI=1S/C16H14ClNO2/c1-10-9-11(2)18-16(20)15(10)14(19)8-7-12-5-3-4-6-13(12)17/h3-9H,1-2H3,(H,18,20). The molecule has 0 aliphatic heterocycles. The molecule has 1 heterocycles. The van der Waals surface area contributed by atoms with Gasteiger partial charge in [0.2, 0.25) is 0 Å². The average molecular weight is 288 g/mol. The number of carbonyl (C=O) groups is 1. The van der Waals surface area contributed by atoms with Crippen molar-refractivity contribution in [2.75, 3.05) is 0 Å². The number of hydrogen-bond acceptors (Lipinski definition) is 2. The highest BCUT2D eigenvalue weighted by molar-refractivity contribution is 6.32. The fourth-order valence-electron chi connectivity index (χ4n) is 2.02. The van der Waals surface area contributed by atoms with E-state index in [2.05, 4.69) is 4.98 Å². The summed E-state index contributed by atoms with van der Waals surface area (Å²) in [5.74, 6) is -0.330. The molecule has 0 aliphatic rings. The van der Waals surface area contributed by atoms with Crippen molar-refractivity contribution in [3.63, 3.8) is 0 Å². The normalized spacial score (nSPS) is 10.9. The second kappa shape index (κ2) is 5.88. The monoisotopic (exact) mass is 287 g/mol. The van der Waals surface area contributed by atoms with Gasteiger partial charge in [-0.05, 0) is 49.3 Å². The van der Waals surface area contributed by atoms with E-state index in [1.165, 1.54) is 6.08 Å². The van der Waals surface area contributed by atoms with Gasteiger partial charge in [-0.2, -0.15) is 0 Å². The summed E-state index contributed by atoms with van der Waals surface area (Å²) >= 11 is 6.01. The lowest BCUT2D eigenvalue weighted by Gasteiger charge is -2.02. The molecule has 2 aromatic rings. The van der Waals surface area contributed by atoms with Gasteiger partial charge in [0, 0.05) is 10.7 Å². The third-order valence-corrected chi connectivity index (χ3v) is 3.28. The van der Waals surface area contributed by atoms with Gasteiger partial charge in [0.25, 0.3) is 5.56 Å². The molecule has 1 aromatic heterocycles. The van der Waals surface area contributed by atoms with Crippen molar-refractivity contribution >= 4 is 23.5 Å². The van der Waals surface area contributed by atoms with E-state index >= 15 is 0 Å². The lowest BCUT2D eigenvalue weighted by molar-refractivity contribution is 0.104. The van der Waals surface area contributed by atoms with Gasteiger partial charge in [0.05, 0.1) is 5.56 Å². The quantitative estimate of drug-likeness (QED) is 0.693. The molecule has 2 rings (SSSR count). The fourth-order valence-corrected chi connectivity index (χ4v) is 2.22. The Morgan fingerprint density at radius 2 is 1.95 bits per heavy atom. The van der Waals surface area contributed by atoms with Crippen molar-refractivity contribution in [2.45, 2.75) is 13.8 Å². The van der Waals surface area contributed by atoms with Gasteiger partial charge < -0.3 is 4.98 Å². The van der Waals surface area contributed by atoms with E-state index in [1.807, 2.05) is 12.1 Å². The van der Waals surface area contributed by atoms with Crippen LogP contribution >= 0.6 is 11.6 Å². The molecule has 0 atom stereocenters. The molecule has 0 aliphatic carbocycles. The molecule has 0 bridgehead atoms. The van der Waals surface area contributed by atoms with Crippen LogP contribution in [0.1, 0.15) is 27.2 Å². The maximum atomic E-state index is 12.1. The van der Waals surface area contributed by atoms with E-state index < -0.39 is 0 Å². The van der Waals surface area contributed by atoms with Crippen molar-refractivity contribution in [1.82, 2.24) is 4.98 Å². The molecular formula is C16H14ClNO2. The number of aromatic nitrogens is 1.